The maximum Gasteiger partial charge on any atom is 0.303 e. The maximum atomic E-state index is 11.8. The van der Waals surface area contributed by atoms with Crippen molar-refractivity contribution in [2.45, 2.75) is 46.0 Å². The van der Waals surface area contributed by atoms with E-state index in [0.29, 0.717) is 11.8 Å². The Labute approximate surface area is 103 Å². The van der Waals surface area contributed by atoms with Crippen LogP contribution in [0.4, 0.5) is 0 Å². The Morgan fingerprint density at radius 2 is 1.82 bits per heavy atom. The van der Waals surface area contributed by atoms with Crippen molar-refractivity contribution in [1.82, 2.24) is 4.90 Å². The molecule has 0 aromatic rings. The first-order valence-corrected chi connectivity index (χ1v) is 6.58. The summed E-state index contributed by atoms with van der Waals surface area (Å²) in [6.07, 6.45) is 3.52. The molecule has 0 spiro atoms. The molecule has 17 heavy (non-hydrogen) atoms. The average molecular weight is 241 g/mol. The fourth-order valence-corrected chi connectivity index (χ4v) is 2.67. The van der Waals surface area contributed by atoms with E-state index < -0.39 is 5.97 Å². The van der Waals surface area contributed by atoms with Crippen molar-refractivity contribution in [3.63, 3.8) is 0 Å². The van der Waals surface area contributed by atoms with E-state index in [0.717, 1.165) is 25.9 Å². The average Bonchev–Trinajstić information content (AvgIpc) is 2.69. The summed E-state index contributed by atoms with van der Waals surface area (Å²) in [5.74, 6) is 0.321. The van der Waals surface area contributed by atoms with Crippen molar-refractivity contribution in [1.29, 1.82) is 0 Å². The normalized spacial score (nSPS) is 24.0. The van der Waals surface area contributed by atoms with Gasteiger partial charge in [-0.3, -0.25) is 9.59 Å². The van der Waals surface area contributed by atoms with Crippen molar-refractivity contribution >= 4 is 11.9 Å². The molecule has 1 aliphatic heterocycles. The van der Waals surface area contributed by atoms with Crippen molar-refractivity contribution < 1.29 is 14.7 Å². The molecule has 0 aliphatic carbocycles. The molecular weight excluding hydrogens is 218 g/mol. The lowest BCUT2D eigenvalue weighted by Crippen LogP contribution is -2.29. The zero-order valence-corrected chi connectivity index (χ0v) is 10.8. The number of carboxylic acid groups (broad SMARTS) is 1. The summed E-state index contributed by atoms with van der Waals surface area (Å²) in [4.78, 5) is 24.1. The summed E-state index contributed by atoms with van der Waals surface area (Å²) in [5.41, 5.74) is 0. The van der Waals surface area contributed by atoms with Crippen LogP contribution in [0.2, 0.25) is 0 Å². The lowest BCUT2D eigenvalue weighted by atomic mass is 9.90. The number of rotatable bonds is 6. The highest BCUT2D eigenvalue weighted by Gasteiger charge is 2.33. The highest BCUT2D eigenvalue weighted by atomic mass is 16.4. The lowest BCUT2D eigenvalue weighted by Gasteiger charge is -2.15. The number of likely N-dealkylation sites (tertiary alicyclic amines) is 1. The molecular formula is C13H23NO3. The van der Waals surface area contributed by atoms with E-state index in [2.05, 4.69) is 13.8 Å². The Kier molecular flexibility index (Phi) is 5.45. The fourth-order valence-electron chi connectivity index (χ4n) is 2.67. The number of aliphatic carboxylic acids is 1. The molecule has 98 valence electrons. The second kappa shape index (κ2) is 6.62. The summed E-state index contributed by atoms with van der Waals surface area (Å²) in [7, 11) is 0. The third-order valence-electron chi connectivity index (χ3n) is 3.67. The standard InChI is InChI=1S/C13H23NO3/c1-3-5-11-9-14(8-10(11)4-2)12(15)6-7-13(16)17/h10-11H,3-9H2,1-2H3,(H,16,17). The van der Waals surface area contributed by atoms with Crippen LogP contribution >= 0.6 is 0 Å². The molecule has 1 aliphatic rings. The van der Waals surface area contributed by atoms with Gasteiger partial charge in [-0.25, -0.2) is 0 Å². The van der Waals surface area contributed by atoms with Gasteiger partial charge in [0.15, 0.2) is 0 Å². The van der Waals surface area contributed by atoms with Crippen molar-refractivity contribution in [3.05, 3.63) is 0 Å². The highest BCUT2D eigenvalue weighted by molar-refractivity contribution is 5.80. The van der Waals surface area contributed by atoms with Crippen LogP contribution in [-0.2, 0) is 9.59 Å². The molecule has 2 unspecified atom stereocenters. The van der Waals surface area contributed by atoms with Gasteiger partial charge in [-0.15, -0.1) is 0 Å². The number of hydrogen-bond donors (Lipinski definition) is 1. The highest BCUT2D eigenvalue weighted by Crippen LogP contribution is 2.30. The van der Waals surface area contributed by atoms with E-state index >= 15 is 0 Å². The minimum atomic E-state index is -0.894. The van der Waals surface area contributed by atoms with Gasteiger partial charge in [0, 0.05) is 19.5 Å². The number of carbonyl (C=O) groups excluding carboxylic acids is 1. The molecule has 4 nitrogen and oxygen atoms in total. The predicted octanol–water partition coefficient (Wildman–Crippen LogP) is 2.14. The molecule has 1 saturated heterocycles. The first kappa shape index (κ1) is 14.0. The zero-order chi connectivity index (χ0) is 12.8. The van der Waals surface area contributed by atoms with Gasteiger partial charge in [-0.2, -0.15) is 0 Å². The molecule has 0 bridgehead atoms. The Morgan fingerprint density at radius 1 is 1.18 bits per heavy atom. The zero-order valence-electron chi connectivity index (χ0n) is 10.8. The monoisotopic (exact) mass is 241 g/mol. The molecule has 0 radical (unpaired) electrons. The predicted molar refractivity (Wildman–Crippen MR) is 65.6 cm³/mol. The van der Waals surface area contributed by atoms with E-state index in [4.69, 9.17) is 5.11 Å². The molecule has 2 atom stereocenters. The van der Waals surface area contributed by atoms with Crippen LogP contribution < -0.4 is 0 Å². The second-order valence-corrected chi connectivity index (χ2v) is 4.91. The van der Waals surface area contributed by atoms with Crippen LogP contribution in [0.1, 0.15) is 46.0 Å². The second-order valence-electron chi connectivity index (χ2n) is 4.91. The van der Waals surface area contributed by atoms with E-state index in [1.807, 2.05) is 4.90 Å². The SMILES string of the molecule is CCCC1CN(C(=O)CCC(=O)O)CC1CC. The number of hydrogen-bond acceptors (Lipinski definition) is 2. The third kappa shape index (κ3) is 4.02. The summed E-state index contributed by atoms with van der Waals surface area (Å²) in [5, 5.41) is 8.57. The van der Waals surface area contributed by atoms with Gasteiger partial charge < -0.3 is 10.0 Å². The number of carboxylic acids is 1. The number of amides is 1. The van der Waals surface area contributed by atoms with E-state index in [1.54, 1.807) is 0 Å². The summed E-state index contributed by atoms with van der Waals surface area (Å²) < 4.78 is 0. The molecule has 1 rings (SSSR count). The van der Waals surface area contributed by atoms with Crippen molar-refractivity contribution in [2.24, 2.45) is 11.8 Å². The molecule has 0 aromatic heterocycles. The summed E-state index contributed by atoms with van der Waals surface area (Å²) in [6.45, 7) is 5.98. The third-order valence-corrected chi connectivity index (χ3v) is 3.67. The molecule has 0 saturated carbocycles. The van der Waals surface area contributed by atoms with Crippen molar-refractivity contribution in [2.75, 3.05) is 13.1 Å². The van der Waals surface area contributed by atoms with Crippen LogP contribution in [0.15, 0.2) is 0 Å². The van der Waals surface area contributed by atoms with Crippen LogP contribution in [0.25, 0.3) is 0 Å². The molecule has 0 aromatic carbocycles. The van der Waals surface area contributed by atoms with Crippen LogP contribution in [0, 0.1) is 11.8 Å². The largest absolute Gasteiger partial charge is 0.481 e. The number of nitrogens with zero attached hydrogens (tertiary/aromatic N) is 1. The Morgan fingerprint density at radius 3 is 2.35 bits per heavy atom. The minimum absolute atomic E-state index is 0.00412. The minimum Gasteiger partial charge on any atom is -0.481 e. The van der Waals surface area contributed by atoms with E-state index in [9.17, 15) is 9.59 Å². The Balaban J connectivity index is 2.45. The molecule has 4 heteroatoms. The first-order chi connectivity index (χ1) is 8.08. The topological polar surface area (TPSA) is 57.6 Å². The summed E-state index contributed by atoms with van der Waals surface area (Å²) in [6, 6.07) is 0. The summed E-state index contributed by atoms with van der Waals surface area (Å²) >= 11 is 0. The molecule has 1 amide bonds. The lowest BCUT2D eigenvalue weighted by molar-refractivity contribution is -0.140. The van der Waals surface area contributed by atoms with Crippen LogP contribution in [-0.4, -0.2) is 35.0 Å². The quantitative estimate of drug-likeness (QED) is 0.775. The maximum absolute atomic E-state index is 11.8. The molecule has 1 fully saturated rings. The van der Waals surface area contributed by atoms with Gasteiger partial charge in [-0.05, 0) is 18.3 Å². The number of carbonyl (C=O) groups is 2. The van der Waals surface area contributed by atoms with E-state index in [1.165, 1.54) is 6.42 Å². The van der Waals surface area contributed by atoms with E-state index in [-0.39, 0.29) is 18.7 Å². The van der Waals surface area contributed by atoms with Gasteiger partial charge in [0.2, 0.25) is 5.91 Å². The van der Waals surface area contributed by atoms with Gasteiger partial charge in [0.1, 0.15) is 0 Å². The van der Waals surface area contributed by atoms with Gasteiger partial charge in [0.25, 0.3) is 0 Å². The van der Waals surface area contributed by atoms with Gasteiger partial charge in [0.05, 0.1) is 6.42 Å². The Bertz CT molecular complexity index is 278. The van der Waals surface area contributed by atoms with Gasteiger partial charge in [-0.1, -0.05) is 26.7 Å². The Hall–Kier alpha value is -1.06. The smallest absolute Gasteiger partial charge is 0.303 e. The first-order valence-electron chi connectivity index (χ1n) is 6.58. The van der Waals surface area contributed by atoms with Crippen LogP contribution in [0.3, 0.4) is 0 Å². The van der Waals surface area contributed by atoms with Gasteiger partial charge >= 0.3 is 5.97 Å². The molecule has 1 heterocycles. The van der Waals surface area contributed by atoms with Crippen LogP contribution in [0.5, 0.6) is 0 Å². The van der Waals surface area contributed by atoms with Crippen molar-refractivity contribution in [3.8, 4) is 0 Å². The fraction of sp³-hybridized carbons (Fsp3) is 0.846. The molecule has 1 N–H and O–H groups in total.